The van der Waals surface area contributed by atoms with E-state index in [1.807, 2.05) is 0 Å². The van der Waals surface area contributed by atoms with Crippen molar-refractivity contribution < 1.29 is 9.47 Å². The minimum Gasteiger partial charge on any atom is -0.467 e. The van der Waals surface area contributed by atoms with Gasteiger partial charge >= 0.3 is 0 Å². The van der Waals surface area contributed by atoms with Crippen molar-refractivity contribution in [2.24, 2.45) is 0 Å². The van der Waals surface area contributed by atoms with Crippen LogP contribution >= 0.6 is 0 Å². The Morgan fingerprint density at radius 1 is 0.839 bits per heavy atom. The van der Waals surface area contributed by atoms with Gasteiger partial charge in [-0.3, -0.25) is 0 Å². The Hall–Kier alpha value is -3.56. The fourth-order valence-corrected chi connectivity index (χ4v) is 4.99. The molecule has 3 nitrogen and oxygen atoms in total. The minimum absolute atomic E-state index is 0.217. The highest BCUT2D eigenvalue weighted by Crippen LogP contribution is 2.50. The molecule has 6 rings (SSSR count). The fourth-order valence-electron chi connectivity index (χ4n) is 4.99. The summed E-state index contributed by atoms with van der Waals surface area (Å²) >= 11 is 0. The predicted molar refractivity (Wildman–Crippen MR) is 127 cm³/mol. The number of fused-ring (bicyclic) bond motifs is 6. The van der Waals surface area contributed by atoms with E-state index in [0.717, 1.165) is 17.9 Å². The van der Waals surface area contributed by atoms with Crippen molar-refractivity contribution in [2.75, 3.05) is 13.9 Å². The second kappa shape index (κ2) is 7.00. The molecule has 0 unspecified atom stereocenters. The lowest BCUT2D eigenvalue weighted by Crippen LogP contribution is -2.01. The predicted octanol–water partition coefficient (Wildman–Crippen LogP) is 6.78. The molecule has 4 aromatic carbocycles. The number of methoxy groups -OCH3 is 1. The lowest BCUT2D eigenvalue weighted by molar-refractivity contribution is 0.0516. The number of aryl methyl sites for hydroxylation is 1. The highest BCUT2D eigenvalue weighted by molar-refractivity contribution is 6.13. The molecule has 5 aromatic rings. The van der Waals surface area contributed by atoms with Gasteiger partial charge in [0.2, 0.25) is 0 Å². The molecule has 0 saturated carbocycles. The van der Waals surface area contributed by atoms with Gasteiger partial charge in [-0.1, -0.05) is 72.3 Å². The van der Waals surface area contributed by atoms with Gasteiger partial charge in [-0.2, -0.15) is 0 Å². The molecule has 0 aliphatic carbocycles. The fraction of sp³-hybridized carbons (Fsp3) is 0.143. The largest absolute Gasteiger partial charge is 0.467 e. The van der Waals surface area contributed by atoms with Gasteiger partial charge in [0.1, 0.15) is 5.75 Å². The van der Waals surface area contributed by atoms with Gasteiger partial charge in [-0.25, -0.2) is 0 Å². The zero-order chi connectivity index (χ0) is 20.9. The van der Waals surface area contributed by atoms with Crippen molar-refractivity contribution in [3.8, 4) is 28.1 Å². The van der Waals surface area contributed by atoms with E-state index in [1.54, 1.807) is 7.11 Å². The van der Waals surface area contributed by atoms with Crippen LogP contribution in [0.5, 0.6) is 5.75 Å². The third kappa shape index (κ3) is 2.70. The second-order valence-electron chi connectivity index (χ2n) is 8.20. The van der Waals surface area contributed by atoms with Crippen LogP contribution < -0.4 is 4.74 Å². The molecule has 0 N–H and O–H groups in total. The zero-order valence-corrected chi connectivity index (χ0v) is 17.7. The molecule has 0 spiro atoms. The van der Waals surface area contributed by atoms with Gasteiger partial charge in [0.25, 0.3) is 0 Å². The molecule has 0 saturated heterocycles. The van der Waals surface area contributed by atoms with Gasteiger partial charge in [0, 0.05) is 41.2 Å². The Balaban J connectivity index is 1.76. The number of benzene rings is 4. The van der Waals surface area contributed by atoms with Crippen molar-refractivity contribution in [1.29, 1.82) is 0 Å². The molecule has 0 bridgehead atoms. The molecule has 1 aliphatic heterocycles. The number of ether oxygens (including phenoxy) is 2. The first-order chi connectivity index (χ1) is 15.3. The molecule has 0 amide bonds. The SMILES string of the molecule is COCOc1ccc2cc(C)ccc2c1-c1c2n(c3ccccc13)Cc1ccccc1-2. The van der Waals surface area contributed by atoms with Gasteiger partial charge in [0.15, 0.2) is 6.79 Å². The van der Waals surface area contributed by atoms with E-state index in [-0.39, 0.29) is 6.79 Å². The van der Waals surface area contributed by atoms with Crippen LogP contribution in [0.4, 0.5) is 0 Å². The van der Waals surface area contributed by atoms with E-state index in [1.165, 1.54) is 49.6 Å². The highest BCUT2D eigenvalue weighted by atomic mass is 16.7. The van der Waals surface area contributed by atoms with Crippen molar-refractivity contribution in [1.82, 2.24) is 4.57 Å². The van der Waals surface area contributed by atoms with E-state index in [4.69, 9.17) is 9.47 Å². The maximum atomic E-state index is 6.11. The van der Waals surface area contributed by atoms with Gasteiger partial charge in [-0.05, 0) is 35.4 Å². The third-order valence-corrected chi connectivity index (χ3v) is 6.29. The molecule has 31 heavy (non-hydrogen) atoms. The number of hydrogen-bond donors (Lipinski definition) is 0. The van der Waals surface area contributed by atoms with Crippen molar-refractivity contribution >= 4 is 21.7 Å². The Bertz CT molecular complexity index is 1460. The summed E-state index contributed by atoms with van der Waals surface area (Å²) in [7, 11) is 1.66. The Morgan fingerprint density at radius 2 is 1.68 bits per heavy atom. The summed E-state index contributed by atoms with van der Waals surface area (Å²) in [5.41, 5.74) is 8.81. The third-order valence-electron chi connectivity index (χ3n) is 6.29. The number of aromatic nitrogens is 1. The van der Waals surface area contributed by atoms with Crippen molar-refractivity contribution in [2.45, 2.75) is 13.5 Å². The lowest BCUT2D eigenvalue weighted by atomic mass is 9.92. The smallest absolute Gasteiger partial charge is 0.188 e. The van der Waals surface area contributed by atoms with Crippen LogP contribution in [0.1, 0.15) is 11.1 Å². The van der Waals surface area contributed by atoms with Crippen molar-refractivity contribution in [3.05, 3.63) is 90.0 Å². The number of rotatable bonds is 4. The molecule has 0 radical (unpaired) electrons. The summed E-state index contributed by atoms with van der Waals surface area (Å²) < 4.78 is 13.8. The van der Waals surface area contributed by atoms with Crippen LogP contribution in [0.25, 0.3) is 44.1 Å². The minimum atomic E-state index is 0.217. The van der Waals surface area contributed by atoms with Gasteiger partial charge in [-0.15, -0.1) is 0 Å². The normalized spacial score (nSPS) is 12.3. The zero-order valence-electron chi connectivity index (χ0n) is 17.7. The van der Waals surface area contributed by atoms with Crippen LogP contribution in [-0.2, 0) is 11.3 Å². The second-order valence-corrected chi connectivity index (χ2v) is 8.20. The molecular formula is C28H23NO2. The van der Waals surface area contributed by atoms with E-state index in [9.17, 15) is 0 Å². The number of nitrogens with zero attached hydrogens (tertiary/aromatic N) is 1. The maximum Gasteiger partial charge on any atom is 0.188 e. The average molecular weight is 405 g/mol. The monoisotopic (exact) mass is 405 g/mol. The molecule has 0 fully saturated rings. The van der Waals surface area contributed by atoms with Crippen molar-refractivity contribution in [3.63, 3.8) is 0 Å². The van der Waals surface area contributed by atoms with Crippen LogP contribution in [0.2, 0.25) is 0 Å². The quantitative estimate of drug-likeness (QED) is 0.302. The summed E-state index contributed by atoms with van der Waals surface area (Å²) in [6.07, 6.45) is 0. The van der Waals surface area contributed by atoms with Crippen LogP contribution in [-0.4, -0.2) is 18.5 Å². The molecule has 2 heterocycles. The molecule has 152 valence electrons. The standard InChI is InChI=1S/C28H23NO2/c1-18-11-13-21-19(15-18)12-14-25(31-17-30-2)26(21)27-23-9-5-6-10-24(23)29-16-20-7-3-4-8-22(20)28(27)29/h3-15H,16-17H2,1-2H3. The van der Waals surface area contributed by atoms with Crippen LogP contribution in [0.15, 0.2) is 78.9 Å². The maximum absolute atomic E-state index is 6.11. The van der Waals surface area contributed by atoms with E-state index in [0.29, 0.717) is 0 Å². The van der Waals surface area contributed by atoms with Gasteiger partial charge < -0.3 is 14.0 Å². The molecule has 3 heteroatoms. The summed E-state index contributed by atoms with van der Waals surface area (Å²) in [5, 5.41) is 3.67. The first kappa shape index (κ1) is 18.2. The van der Waals surface area contributed by atoms with E-state index < -0.39 is 0 Å². The number of hydrogen-bond acceptors (Lipinski definition) is 2. The molecule has 1 aliphatic rings. The van der Waals surface area contributed by atoms with E-state index >= 15 is 0 Å². The van der Waals surface area contributed by atoms with Crippen LogP contribution in [0, 0.1) is 6.92 Å². The Kier molecular flexibility index (Phi) is 4.12. The van der Waals surface area contributed by atoms with Gasteiger partial charge in [0.05, 0.1) is 5.69 Å². The summed E-state index contributed by atoms with van der Waals surface area (Å²) in [6, 6.07) is 28.3. The Morgan fingerprint density at radius 3 is 2.58 bits per heavy atom. The summed E-state index contributed by atoms with van der Waals surface area (Å²) in [6.45, 7) is 3.25. The first-order valence-electron chi connectivity index (χ1n) is 10.6. The summed E-state index contributed by atoms with van der Waals surface area (Å²) in [4.78, 5) is 0. The van der Waals surface area contributed by atoms with Crippen LogP contribution in [0.3, 0.4) is 0 Å². The Labute approximate surface area is 181 Å². The topological polar surface area (TPSA) is 23.4 Å². The number of para-hydroxylation sites is 1. The summed E-state index contributed by atoms with van der Waals surface area (Å²) in [5.74, 6) is 0.849. The first-order valence-corrected chi connectivity index (χ1v) is 10.6. The highest BCUT2D eigenvalue weighted by Gasteiger charge is 2.28. The average Bonchev–Trinajstić information content (AvgIpc) is 3.32. The molecule has 0 atom stereocenters. The molecule has 1 aromatic heterocycles. The molecular weight excluding hydrogens is 382 g/mol. The lowest BCUT2D eigenvalue weighted by Gasteiger charge is -2.16. The van der Waals surface area contributed by atoms with E-state index in [2.05, 4.69) is 90.4 Å².